The van der Waals surface area contributed by atoms with Gasteiger partial charge in [-0.05, 0) is 44.7 Å². The van der Waals surface area contributed by atoms with Gasteiger partial charge in [0.2, 0.25) is 11.8 Å². The summed E-state index contributed by atoms with van der Waals surface area (Å²) in [6.07, 6.45) is 7.15. The van der Waals surface area contributed by atoms with Gasteiger partial charge in [-0.15, -0.1) is 10.2 Å². The third-order valence-corrected chi connectivity index (χ3v) is 6.62. The summed E-state index contributed by atoms with van der Waals surface area (Å²) in [4.78, 5) is 36.3. The lowest BCUT2D eigenvalue weighted by atomic mass is 10.0. The quantitative estimate of drug-likeness (QED) is 0.285. The summed E-state index contributed by atoms with van der Waals surface area (Å²) in [6, 6.07) is 4.71. The lowest BCUT2D eigenvalue weighted by Crippen LogP contribution is -2.51. The average molecular weight is 517 g/mol. The minimum Gasteiger partial charge on any atom is -0.459 e. The number of nitrogens with one attached hydrogen (secondary N) is 1. The van der Waals surface area contributed by atoms with Gasteiger partial charge in [0, 0.05) is 13.0 Å². The monoisotopic (exact) mass is 516 g/mol. The van der Waals surface area contributed by atoms with Crippen molar-refractivity contribution in [2.24, 2.45) is 23.3 Å². The van der Waals surface area contributed by atoms with Crippen molar-refractivity contribution >= 4 is 23.4 Å². The molecule has 1 unspecified atom stereocenters. The number of amides is 2. The van der Waals surface area contributed by atoms with Gasteiger partial charge in [-0.3, -0.25) is 18.8 Å². The van der Waals surface area contributed by atoms with Gasteiger partial charge >= 0.3 is 5.97 Å². The van der Waals surface area contributed by atoms with Gasteiger partial charge in [-0.25, -0.2) is 0 Å². The van der Waals surface area contributed by atoms with Crippen molar-refractivity contribution in [1.82, 2.24) is 19.9 Å². The second kappa shape index (κ2) is 13.0. The maximum Gasteiger partial charge on any atom is 0.309 e. The molecular formula is C26H40N6O5. The Bertz CT molecular complexity index is 1070. The molecule has 1 fully saturated rings. The third kappa shape index (κ3) is 8.22. The zero-order valence-corrected chi connectivity index (χ0v) is 22.1. The second-order valence-electron chi connectivity index (χ2n) is 10.6. The molecule has 2 heterocycles. The molecule has 2 aromatic heterocycles. The lowest BCUT2D eigenvalue weighted by Gasteiger charge is -2.24. The van der Waals surface area contributed by atoms with E-state index < -0.39 is 29.4 Å². The van der Waals surface area contributed by atoms with Crippen LogP contribution in [0.5, 0.6) is 0 Å². The first-order valence-electron chi connectivity index (χ1n) is 13.0. The van der Waals surface area contributed by atoms with Gasteiger partial charge in [0.1, 0.15) is 12.6 Å². The highest BCUT2D eigenvalue weighted by Crippen LogP contribution is 2.24. The molecule has 1 aliphatic carbocycles. The highest BCUT2D eigenvalue weighted by molar-refractivity contribution is 5.85. The molecule has 11 heteroatoms. The number of hydrogen-bond donors (Lipinski definition) is 3. The average Bonchev–Trinajstić information content (AvgIpc) is 3.10. The van der Waals surface area contributed by atoms with Crippen LogP contribution in [0.2, 0.25) is 0 Å². The Morgan fingerprint density at radius 3 is 2.51 bits per heavy atom. The molecule has 2 amide bonds. The lowest BCUT2D eigenvalue weighted by molar-refractivity contribution is -0.150. The van der Waals surface area contributed by atoms with Crippen molar-refractivity contribution in [3.8, 4) is 0 Å². The van der Waals surface area contributed by atoms with Gasteiger partial charge in [-0.2, -0.15) is 0 Å². The zero-order valence-electron chi connectivity index (χ0n) is 22.1. The highest BCUT2D eigenvalue weighted by atomic mass is 16.5. The Balaban J connectivity index is 1.80. The van der Waals surface area contributed by atoms with E-state index in [1.807, 2.05) is 0 Å². The SMILES string of the molecule is CC(CC(N)=O)C(=O)OCc1cccc2nnc([C@@H](COCC3CCCCCC3)NC(=O)C(C)(C)N)n12. The molecule has 11 nitrogen and oxygen atoms in total. The van der Waals surface area contributed by atoms with Crippen molar-refractivity contribution < 1.29 is 23.9 Å². The van der Waals surface area contributed by atoms with Crippen molar-refractivity contribution in [2.45, 2.75) is 83.9 Å². The van der Waals surface area contributed by atoms with Crippen LogP contribution in [0.3, 0.4) is 0 Å². The number of primary amides is 1. The first-order valence-corrected chi connectivity index (χ1v) is 13.0. The molecule has 3 rings (SSSR count). The molecule has 2 aromatic rings. The molecule has 0 aliphatic heterocycles. The number of hydrogen-bond acceptors (Lipinski definition) is 8. The fourth-order valence-corrected chi connectivity index (χ4v) is 4.45. The second-order valence-corrected chi connectivity index (χ2v) is 10.6. The van der Waals surface area contributed by atoms with E-state index in [1.165, 1.54) is 25.7 Å². The van der Waals surface area contributed by atoms with Crippen LogP contribution in [0, 0.1) is 11.8 Å². The van der Waals surface area contributed by atoms with Crippen LogP contribution in [-0.4, -0.2) is 51.1 Å². The highest BCUT2D eigenvalue weighted by Gasteiger charge is 2.29. The molecule has 5 N–H and O–H groups in total. The Kier molecular flexibility index (Phi) is 9.99. The van der Waals surface area contributed by atoms with Crippen molar-refractivity contribution in [2.75, 3.05) is 13.2 Å². The third-order valence-electron chi connectivity index (χ3n) is 6.62. The number of ether oxygens (including phenoxy) is 2. The predicted molar refractivity (Wildman–Crippen MR) is 137 cm³/mol. The number of esters is 1. The standard InChI is InChI=1S/C26H40N6O5/c1-17(13-21(27)33)24(34)37-15-19-11-8-12-22-30-31-23(32(19)22)20(29-25(35)26(2,3)28)16-36-14-18-9-6-4-5-7-10-18/h8,11-12,17-18,20H,4-7,9-10,13-16,28H2,1-3H3,(H2,27,33)(H,29,35)/t17?,20-/m1/s1. The first-order chi connectivity index (χ1) is 17.6. The molecule has 0 aromatic carbocycles. The van der Waals surface area contributed by atoms with Crippen LogP contribution >= 0.6 is 0 Å². The van der Waals surface area contributed by atoms with Crippen LogP contribution < -0.4 is 16.8 Å². The van der Waals surface area contributed by atoms with Crippen molar-refractivity contribution in [3.63, 3.8) is 0 Å². The molecule has 0 bridgehead atoms. The minimum atomic E-state index is -1.10. The Hall–Kier alpha value is -3.05. The van der Waals surface area contributed by atoms with E-state index in [-0.39, 0.29) is 25.5 Å². The summed E-state index contributed by atoms with van der Waals surface area (Å²) >= 11 is 0. The van der Waals surface area contributed by atoms with E-state index in [4.69, 9.17) is 20.9 Å². The van der Waals surface area contributed by atoms with E-state index in [1.54, 1.807) is 43.4 Å². The van der Waals surface area contributed by atoms with Crippen molar-refractivity contribution in [1.29, 1.82) is 0 Å². The Morgan fingerprint density at radius 1 is 1.16 bits per heavy atom. The predicted octanol–water partition coefficient (Wildman–Crippen LogP) is 2.17. The number of fused-ring (bicyclic) bond motifs is 1. The molecule has 0 spiro atoms. The Morgan fingerprint density at radius 2 is 1.86 bits per heavy atom. The normalized spacial score (nSPS) is 16.6. The smallest absolute Gasteiger partial charge is 0.309 e. The zero-order chi connectivity index (χ0) is 27.0. The fraction of sp³-hybridized carbons (Fsp3) is 0.654. The number of nitrogens with zero attached hydrogens (tertiary/aromatic N) is 3. The molecule has 204 valence electrons. The van der Waals surface area contributed by atoms with Crippen LogP contribution in [0.25, 0.3) is 5.65 Å². The summed E-state index contributed by atoms with van der Waals surface area (Å²) in [5.41, 5.74) is 11.3. The van der Waals surface area contributed by atoms with Gasteiger partial charge in [0.05, 0.1) is 23.8 Å². The van der Waals surface area contributed by atoms with E-state index in [9.17, 15) is 14.4 Å². The maximum atomic E-state index is 12.8. The van der Waals surface area contributed by atoms with Gasteiger partial charge < -0.3 is 26.3 Å². The minimum absolute atomic E-state index is 0.0731. The van der Waals surface area contributed by atoms with E-state index in [0.717, 1.165) is 12.8 Å². The largest absolute Gasteiger partial charge is 0.459 e. The topological polar surface area (TPSA) is 164 Å². The molecule has 1 saturated carbocycles. The maximum absolute atomic E-state index is 12.8. The molecule has 0 saturated heterocycles. The van der Waals surface area contributed by atoms with Gasteiger partial charge in [0.25, 0.3) is 0 Å². The van der Waals surface area contributed by atoms with Crippen LogP contribution in [0.1, 0.15) is 83.3 Å². The number of carbonyl (C=O) groups excluding carboxylic acids is 3. The number of pyridine rings is 1. The summed E-state index contributed by atoms with van der Waals surface area (Å²) in [7, 11) is 0. The summed E-state index contributed by atoms with van der Waals surface area (Å²) in [6.45, 7) is 5.58. The Labute approximate surface area is 217 Å². The summed E-state index contributed by atoms with van der Waals surface area (Å²) < 4.78 is 13.3. The molecule has 0 radical (unpaired) electrons. The number of carbonyl (C=O) groups is 3. The summed E-state index contributed by atoms with van der Waals surface area (Å²) in [5, 5.41) is 11.6. The number of nitrogens with two attached hydrogens (primary N) is 2. The summed E-state index contributed by atoms with van der Waals surface area (Å²) in [5.74, 6) is -1.17. The van der Waals surface area contributed by atoms with Crippen LogP contribution in [0.4, 0.5) is 0 Å². The molecule has 37 heavy (non-hydrogen) atoms. The van der Waals surface area contributed by atoms with Gasteiger partial charge in [-0.1, -0.05) is 38.7 Å². The molecule has 1 aliphatic rings. The van der Waals surface area contributed by atoms with Crippen molar-refractivity contribution in [3.05, 3.63) is 29.7 Å². The van der Waals surface area contributed by atoms with E-state index >= 15 is 0 Å². The number of rotatable bonds is 12. The number of aromatic nitrogens is 3. The molecule has 2 atom stereocenters. The van der Waals surface area contributed by atoms with E-state index in [0.29, 0.717) is 29.7 Å². The molecular weight excluding hydrogens is 476 g/mol. The van der Waals surface area contributed by atoms with E-state index in [2.05, 4.69) is 15.5 Å². The first kappa shape index (κ1) is 28.5. The van der Waals surface area contributed by atoms with Gasteiger partial charge in [0.15, 0.2) is 11.5 Å². The van der Waals surface area contributed by atoms with Crippen LogP contribution in [0.15, 0.2) is 18.2 Å². The fourth-order valence-electron chi connectivity index (χ4n) is 4.45. The van der Waals surface area contributed by atoms with Crippen LogP contribution in [-0.2, 0) is 30.5 Å².